The van der Waals surface area contributed by atoms with E-state index in [1.54, 1.807) is 0 Å². The van der Waals surface area contributed by atoms with E-state index in [4.69, 9.17) is 5.73 Å². The Morgan fingerprint density at radius 3 is 2.94 bits per heavy atom. The van der Waals surface area contributed by atoms with Crippen molar-refractivity contribution in [3.05, 3.63) is 29.8 Å². The van der Waals surface area contributed by atoms with Crippen molar-refractivity contribution in [2.24, 2.45) is 11.7 Å². The van der Waals surface area contributed by atoms with Crippen molar-refractivity contribution in [1.29, 1.82) is 0 Å². The molecular formula is C14H20N2O. The van der Waals surface area contributed by atoms with Gasteiger partial charge in [-0.05, 0) is 43.9 Å². The predicted octanol–water partition coefficient (Wildman–Crippen LogP) is 2.45. The number of rotatable bonds is 2. The monoisotopic (exact) mass is 232 g/mol. The third kappa shape index (κ3) is 3.30. The van der Waals surface area contributed by atoms with E-state index >= 15 is 0 Å². The quantitative estimate of drug-likeness (QED) is 0.823. The van der Waals surface area contributed by atoms with E-state index in [0.717, 1.165) is 36.9 Å². The highest BCUT2D eigenvalue weighted by molar-refractivity contribution is 5.92. The first kappa shape index (κ1) is 12.1. The number of carbonyl (C=O) groups excluding carboxylic acids is 1. The second-order valence-corrected chi connectivity index (χ2v) is 4.98. The maximum atomic E-state index is 12.1. The summed E-state index contributed by atoms with van der Waals surface area (Å²) in [5.41, 5.74) is 7.94. The van der Waals surface area contributed by atoms with Crippen LogP contribution in [0.2, 0.25) is 0 Å². The zero-order valence-electron chi connectivity index (χ0n) is 10.3. The van der Waals surface area contributed by atoms with Gasteiger partial charge in [-0.3, -0.25) is 4.79 Å². The van der Waals surface area contributed by atoms with Crippen molar-refractivity contribution in [3.8, 4) is 0 Å². The average Bonchev–Trinajstić information content (AvgIpc) is 2.29. The molecule has 1 aliphatic carbocycles. The highest BCUT2D eigenvalue weighted by atomic mass is 16.1. The zero-order valence-corrected chi connectivity index (χ0v) is 10.3. The Hall–Kier alpha value is -1.35. The fourth-order valence-corrected chi connectivity index (χ4v) is 2.43. The van der Waals surface area contributed by atoms with Crippen LogP contribution in [0.5, 0.6) is 0 Å². The summed E-state index contributed by atoms with van der Waals surface area (Å²) in [7, 11) is 0. The zero-order chi connectivity index (χ0) is 12.3. The van der Waals surface area contributed by atoms with Gasteiger partial charge < -0.3 is 11.1 Å². The van der Waals surface area contributed by atoms with E-state index in [2.05, 4.69) is 5.32 Å². The van der Waals surface area contributed by atoms with E-state index in [0.29, 0.717) is 0 Å². The van der Waals surface area contributed by atoms with Crippen LogP contribution >= 0.6 is 0 Å². The lowest BCUT2D eigenvalue weighted by Gasteiger charge is -2.25. The van der Waals surface area contributed by atoms with Gasteiger partial charge in [0.2, 0.25) is 5.91 Å². The van der Waals surface area contributed by atoms with Gasteiger partial charge in [0.1, 0.15) is 0 Å². The highest BCUT2D eigenvalue weighted by Gasteiger charge is 2.25. The summed E-state index contributed by atoms with van der Waals surface area (Å²) in [6.07, 6.45) is 3.89. The summed E-state index contributed by atoms with van der Waals surface area (Å²) in [5, 5.41) is 2.98. The molecule has 0 radical (unpaired) electrons. The van der Waals surface area contributed by atoms with Crippen LogP contribution in [0.25, 0.3) is 0 Å². The number of nitrogens with two attached hydrogens (primary N) is 1. The molecule has 1 saturated carbocycles. The second-order valence-electron chi connectivity index (χ2n) is 4.98. The van der Waals surface area contributed by atoms with Crippen LogP contribution in [0.15, 0.2) is 24.3 Å². The lowest BCUT2D eigenvalue weighted by Crippen LogP contribution is -2.34. The Morgan fingerprint density at radius 2 is 2.24 bits per heavy atom. The van der Waals surface area contributed by atoms with Crippen LogP contribution in [0.4, 0.5) is 5.69 Å². The topological polar surface area (TPSA) is 55.1 Å². The summed E-state index contributed by atoms with van der Waals surface area (Å²) < 4.78 is 0. The van der Waals surface area contributed by atoms with Crippen molar-refractivity contribution >= 4 is 11.6 Å². The Morgan fingerprint density at radius 1 is 1.41 bits per heavy atom. The Bertz CT molecular complexity index is 403. The molecule has 1 fully saturated rings. The fraction of sp³-hybridized carbons (Fsp3) is 0.500. The van der Waals surface area contributed by atoms with Crippen LogP contribution in [-0.4, -0.2) is 11.9 Å². The molecule has 0 aromatic heterocycles. The molecule has 1 aromatic carbocycles. The molecule has 3 nitrogen and oxygen atoms in total. The van der Waals surface area contributed by atoms with Gasteiger partial charge in [-0.25, -0.2) is 0 Å². The molecule has 2 rings (SSSR count). The lowest BCUT2D eigenvalue weighted by atomic mass is 9.85. The Labute approximate surface area is 102 Å². The number of amides is 1. The smallest absolute Gasteiger partial charge is 0.227 e. The fourth-order valence-electron chi connectivity index (χ4n) is 2.43. The van der Waals surface area contributed by atoms with Crippen LogP contribution in [0.1, 0.15) is 31.2 Å². The molecule has 17 heavy (non-hydrogen) atoms. The minimum atomic E-state index is 0.0827. The van der Waals surface area contributed by atoms with Crippen LogP contribution in [-0.2, 0) is 4.79 Å². The van der Waals surface area contributed by atoms with Crippen molar-refractivity contribution in [1.82, 2.24) is 0 Å². The van der Waals surface area contributed by atoms with Gasteiger partial charge in [-0.15, -0.1) is 0 Å². The summed E-state index contributed by atoms with van der Waals surface area (Å²) in [6, 6.07) is 8.08. The summed E-state index contributed by atoms with van der Waals surface area (Å²) in [5.74, 6) is 0.199. The maximum Gasteiger partial charge on any atom is 0.227 e. The average molecular weight is 232 g/mol. The molecule has 2 atom stereocenters. The molecule has 0 heterocycles. The van der Waals surface area contributed by atoms with Crippen molar-refractivity contribution in [2.45, 2.75) is 38.6 Å². The second kappa shape index (κ2) is 5.32. The lowest BCUT2D eigenvalue weighted by molar-refractivity contribution is -0.120. The van der Waals surface area contributed by atoms with Crippen LogP contribution < -0.4 is 11.1 Å². The first-order chi connectivity index (χ1) is 8.15. The van der Waals surface area contributed by atoms with Crippen LogP contribution in [0.3, 0.4) is 0 Å². The molecule has 3 N–H and O–H groups in total. The van der Waals surface area contributed by atoms with E-state index in [9.17, 15) is 4.79 Å². The third-order valence-corrected chi connectivity index (χ3v) is 3.37. The molecule has 1 amide bonds. The number of carbonyl (C=O) groups is 1. The molecule has 0 saturated heterocycles. The largest absolute Gasteiger partial charge is 0.328 e. The van der Waals surface area contributed by atoms with Gasteiger partial charge in [0.25, 0.3) is 0 Å². The van der Waals surface area contributed by atoms with E-state index < -0.39 is 0 Å². The normalized spacial score (nSPS) is 24.4. The van der Waals surface area contributed by atoms with E-state index in [1.165, 1.54) is 0 Å². The maximum absolute atomic E-state index is 12.1. The number of hydrogen-bond acceptors (Lipinski definition) is 2. The van der Waals surface area contributed by atoms with Gasteiger partial charge in [-0.2, -0.15) is 0 Å². The molecule has 0 spiro atoms. The molecule has 92 valence electrons. The SMILES string of the molecule is Cc1cccc(NC(=O)C2CCCC(N)C2)c1. The molecular weight excluding hydrogens is 212 g/mol. The molecule has 0 aliphatic heterocycles. The van der Waals surface area contributed by atoms with Crippen molar-refractivity contribution < 1.29 is 4.79 Å². The molecule has 1 aromatic rings. The highest BCUT2D eigenvalue weighted by Crippen LogP contribution is 2.24. The Balaban J connectivity index is 1.96. The number of nitrogens with one attached hydrogen (secondary N) is 1. The van der Waals surface area contributed by atoms with Gasteiger partial charge in [-0.1, -0.05) is 18.6 Å². The van der Waals surface area contributed by atoms with E-state index in [-0.39, 0.29) is 17.9 Å². The first-order valence-corrected chi connectivity index (χ1v) is 6.28. The Kier molecular flexibility index (Phi) is 3.79. The van der Waals surface area contributed by atoms with Crippen molar-refractivity contribution in [2.75, 3.05) is 5.32 Å². The standard InChI is InChI=1S/C14H20N2O/c1-10-4-2-7-13(8-10)16-14(17)11-5-3-6-12(15)9-11/h2,4,7-8,11-12H,3,5-6,9,15H2,1H3,(H,16,17). The third-order valence-electron chi connectivity index (χ3n) is 3.37. The minimum absolute atomic E-state index is 0.0827. The number of hydrogen-bond donors (Lipinski definition) is 2. The molecule has 2 unspecified atom stereocenters. The first-order valence-electron chi connectivity index (χ1n) is 6.28. The van der Waals surface area contributed by atoms with Gasteiger partial charge in [0, 0.05) is 17.6 Å². The number of anilines is 1. The number of benzene rings is 1. The predicted molar refractivity (Wildman–Crippen MR) is 69.7 cm³/mol. The van der Waals surface area contributed by atoms with Gasteiger partial charge in [0.05, 0.1) is 0 Å². The molecule has 3 heteroatoms. The van der Waals surface area contributed by atoms with E-state index in [1.807, 2.05) is 31.2 Å². The van der Waals surface area contributed by atoms with Crippen molar-refractivity contribution in [3.63, 3.8) is 0 Å². The van der Waals surface area contributed by atoms with Gasteiger partial charge in [0.15, 0.2) is 0 Å². The summed E-state index contributed by atoms with van der Waals surface area (Å²) >= 11 is 0. The van der Waals surface area contributed by atoms with Gasteiger partial charge >= 0.3 is 0 Å². The van der Waals surface area contributed by atoms with Crippen LogP contribution in [0, 0.1) is 12.8 Å². The number of aryl methyl sites for hydroxylation is 1. The summed E-state index contributed by atoms with van der Waals surface area (Å²) in [6.45, 7) is 2.02. The summed E-state index contributed by atoms with van der Waals surface area (Å²) in [4.78, 5) is 12.1. The molecule has 0 bridgehead atoms. The molecule has 1 aliphatic rings. The minimum Gasteiger partial charge on any atom is -0.328 e.